The molecular weight excluding hydrogens is 262 g/mol. The number of ether oxygens (including phenoxy) is 1. The van der Waals surface area contributed by atoms with Crippen molar-refractivity contribution in [2.75, 3.05) is 0 Å². The minimum absolute atomic E-state index is 0.116. The lowest BCUT2D eigenvalue weighted by Gasteiger charge is -2.19. The maximum atomic E-state index is 5.76. The molecule has 0 aliphatic rings. The van der Waals surface area contributed by atoms with E-state index in [0.717, 1.165) is 23.4 Å². The normalized spacial score (nSPS) is 12.4. The summed E-state index contributed by atoms with van der Waals surface area (Å²) < 4.78 is 5.67. The second-order valence-electron chi connectivity index (χ2n) is 5.24. The molecular formula is C17H23N3O. The molecule has 1 heterocycles. The smallest absolute Gasteiger partial charge is 0.119 e. The molecule has 112 valence electrons. The van der Waals surface area contributed by atoms with E-state index in [2.05, 4.69) is 23.4 Å². The van der Waals surface area contributed by atoms with Gasteiger partial charge in [0, 0.05) is 6.20 Å². The number of nitrogens with one attached hydrogen (secondary N) is 1. The summed E-state index contributed by atoms with van der Waals surface area (Å²) in [5, 5.41) is 0. The quantitative estimate of drug-likeness (QED) is 0.633. The first-order valence-electron chi connectivity index (χ1n) is 7.32. The van der Waals surface area contributed by atoms with Crippen LogP contribution in [0.1, 0.15) is 43.6 Å². The highest BCUT2D eigenvalue weighted by molar-refractivity contribution is 5.36. The molecule has 0 spiro atoms. The fraction of sp³-hybridized carbons (Fsp3) is 0.353. The Morgan fingerprint density at radius 1 is 1.19 bits per heavy atom. The first kappa shape index (κ1) is 15.5. The number of aromatic nitrogens is 1. The Labute approximate surface area is 126 Å². The van der Waals surface area contributed by atoms with Crippen LogP contribution < -0.4 is 16.0 Å². The third-order valence-corrected chi connectivity index (χ3v) is 3.33. The van der Waals surface area contributed by atoms with Crippen LogP contribution in [0, 0.1) is 0 Å². The van der Waals surface area contributed by atoms with Gasteiger partial charge in [-0.05, 0) is 49.6 Å². The van der Waals surface area contributed by atoms with E-state index in [1.54, 1.807) is 6.20 Å². The molecule has 2 aromatic rings. The minimum atomic E-state index is -0.116. The largest absolute Gasteiger partial charge is 0.491 e. The monoisotopic (exact) mass is 285 g/mol. The zero-order chi connectivity index (χ0) is 15.2. The molecule has 1 aromatic carbocycles. The number of hydrogen-bond acceptors (Lipinski definition) is 4. The van der Waals surface area contributed by atoms with Crippen LogP contribution in [0.5, 0.6) is 5.75 Å². The first-order chi connectivity index (χ1) is 10.2. The molecule has 21 heavy (non-hydrogen) atoms. The predicted octanol–water partition coefficient (Wildman–Crippen LogP) is 2.98. The lowest BCUT2D eigenvalue weighted by molar-refractivity contribution is 0.242. The first-order valence-corrected chi connectivity index (χ1v) is 7.32. The van der Waals surface area contributed by atoms with Gasteiger partial charge in [0.2, 0.25) is 0 Å². The molecule has 0 radical (unpaired) electrons. The number of pyridine rings is 1. The molecule has 0 bridgehead atoms. The molecule has 0 amide bonds. The average molecular weight is 285 g/mol. The number of hydrazine groups is 1. The van der Waals surface area contributed by atoms with Gasteiger partial charge in [0.15, 0.2) is 0 Å². The maximum Gasteiger partial charge on any atom is 0.119 e. The Morgan fingerprint density at radius 2 is 1.90 bits per heavy atom. The van der Waals surface area contributed by atoms with Crippen LogP contribution in [0.15, 0.2) is 42.6 Å². The zero-order valence-corrected chi connectivity index (χ0v) is 12.8. The molecule has 3 N–H and O–H groups in total. The Balaban J connectivity index is 2.29. The van der Waals surface area contributed by atoms with E-state index in [0.29, 0.717) is 0 Å². The number of rotatable bonds is 6. The van der Waals surface area contributed by atoms with Gasteiger partial charge >= 0.3 is 0 Å². The lowest BCUT2D eigenvalue weighted by atomic mass is 9.98. The molecule has 0 saturated carbocycles. The number of nitrogens with two attached hydrogens (primary N) is 1. The van der Waals surface area contributed by atoms with Crippen molar-refractivity contribution in [2.45, 2.75) is 39.3 Å². The predicted molar refractivity (Wildman–Crippen MR) is 85.0 cm³/mol. The molecule has 1 unspecified atom stereocenters. The van der Waals surface area contributed by atoms with Gasteiger partial charge < -0.3 is 4.74 Å². The highest BCUT2D eigenvalue weighted by Gasteiger charge is 2.16. The van der Waals surface area contributed by atoms with Crippen LogP contribution >= 0.6 is 0 Å². The van der Waals surface area contributed by atoms with Crippen LogP contribution in [0.2, 0.25) is 0 Å². The van der Waals surface area contributed by atoms with Gasteiger partial charge in [0.05, 0.1) is 17.8 Å². The highest BCUT2D eigenvalue weighted by Crippen LogP contribution is 2.25. The van der Waals surface area contributed by atoms with E-state index in [4.69, 9.17) is 10.6 Å². The molecule has 0 saturated heterocycles. The van der Waals surface area contributed by atoms with E-state index in [-0.39, 0.29) is 12.1 Å². The zero-order valence-electron chi connectivity index (χ0n) is 12.8. The molecule has 4 heteroatoms. The third-order valence-electron chi connectivity index (χ3n) is 3.33. The van der Waals surface area contributed by atoms with Crippen LogP contribution in [-0.4, -0.2) is 11.1 Å². The van der Waals surface area contributed by atoms with Crippen LogP contribution in [-0.2, 0) is 6.42 Å². The summed E-state index contributed by atoms with van der Waals surface area (Å²) in [7, 11) is 0. The van der Waals surface area contributed by atoms with Crippen molar-refractivity contribution in [1.29, 1.82) is 0 Å². The lowest BCUT2D eigenvalue weighted by Crippen LogP contribution is -2.30. The Hall–Kier alpha value is -1.91. The van der Waals surface area contributed by atoms with Crippen molar-refractivity contribution < 1.29 is 4.74 Å². The van der Waals surface area contributed by atoms with Gasteiger partial charge in [-0.3, -0.25) is 10.8 Å². The van der Waals surface area contributed by atoms with Crippen molar-refractivity contribution in [3.8, 4) is 5.75 Å². The molecule has 0 aliphatic carbocycles. The Bertz CT molecular complexity index is 567. The summed E-state index contributed by atoms with van der Waals surface area (Å²) in [5.41, 5.74) is 6.11. The summed E-state index contributed by atoms with van der Waals surface area (Å²) in [5.74, 6) is 6.62. The fourth-order valence-corrected chi connectivity index (χ4v) is 2.35. The van der Waals surface area contributed by atoms with Crippen molar-refractivity contribution in [1.82, 2.24) is 10.4 Å². The number of aryl methyl sites for hydroxylation is 1. The number of hydrogen-bond donors (Lipinski definition) is 2. The van der Waals surface area contributed by atoms with Gasteiger partial charge in [0.1, 0.15) is 5.75 Å². The van der Waals surface area contributed by atoms with Crippen LogP contribution in [0.25, 0.3) is 0 Å². The van der Waals surface area contributed by atoms with Gasteiger partial charge in [-0.2, -0.15) is 0 Å². The fourth-order valence-electron chi connectivity index (χ4n) is 2.35. The van der Waals surface area contributed by atoms with Crippen molar-refractivity contribution >= 4 is 0 Å². The highest BCUT2D eigenvalue weighted by atomic mass is 16.5. The van der Waals surface area contributed by atoms with E-state index in [1.165, 1.54) is 5.56 Å². The van der Waals surface area contributed by atoms with Crippen molar-refractivity contribution in [3.63, 3.8) is 0 Å². The SMILES string of the molecule is CCc1cccnc1C(NN)c1ccc(OC(C)C)cc1. The molecule has 0 aliphatic heterocycles. The van der Waals surface area contributed by atoms with Crippen LogP contribution in [0.3, 0.4) is 0 Å². The second-order valence-corrected chi connectivity index (χ2v) is 5.24. The maximum absolute atomic E-state index is 5.76. The van der Waals surface area contributed by atoms with Gasteiger partial charge in [-0.15, -0.1) is 0 Å². The third kappa shape index (κ3) is 3.80. The van der Waals surface area contributed by atoms with Crippen LogP contribution in [0.4, 0.5) is 0 Å². The second kappa shape index (κ2) is 7.20. The average Bonchev–Trinajstić information content (AvgIpc) is 2.49. The van der Waals surface area contributed by atoms with Crippen molar-refractivity contribution in [3.05, 3.63) is 59.4 Å². The van der Waals surface area contributed by atoms with Crippen molar-refractivity contribution in [2.24, 2.45) is 5.84 Å². The van der Waals surface area contributed by atoms with Gasteiger partial charge in [0.25, 0.3) is 0 Å². The Kier molecular flexibility index (Phi) is 5.31. The molecule has 4 nitrogen and oxygen atoms in total. The molecule has 2 rings (SSSR count). The topological polar surface area (TPSA) is 60.2 Å². The van der Waals surface area contributed by atoms with E-state index in [1.807, 2.05) is 44.2 Å². The molecule has 1 atom stereocenters. The summed E-state index contributed by atoms with van der Waals surface area (Å²) in [6, 6.07) is 11.9. The summed E-state index contributed by atoms with van der Waals surface area (Å²) in [4.78, 5) is 4.49. The number of nitrogens with zero attached hydrogens (tertiary/aromatic N) is 1. The Morgan fingerprint density at radius 3 is 2.48 bits per heavy atom. The minimum Gasteiger partial charge on any atom is -0.491 e. The number of benzene rings is 1. The summed E-state index contributed by atoms with van der Waals surface area (Å²) >= 11 is 0. The van der Waals surface area contributed by atoms with E-state index in [9.17, 15) is 0 Å². The standard InChI is InChI=1S/C17H23N3O/c1-4-13-6-5-11-19-16(13)17(20-18)14-7-9-15(10-8-14)21-12(2)3/h5-12,17,20H,4,18H2,1-3H3. The van der Waals surface area contributed by atoms with E-state index >= 15 is 0 Å². The van der Waals surface area contributed by atoms with Gasteiger partial charge in [-0.25, -0.2) is 5.43 Å². The molecule has 1 aromatic heterocycles. The summed E-state index contributed by atoms with van der Waals surface area (Å²) in [6.45, 7) is 6.15. The summed E-state index contributed by atoms with van der Waals surface area (Å²) in [6.07, 6.45) is 2.90. The molecule has 0 fully saturated rings. The van der Waals surface area contributed by atoms with Gasteiger partial charge in [-0.1, -0.05) is 25.1 Å². The van der Waals surface area contributed by atoms with E-state index < -0.39 is 0 Å².